The molecule has 264 valence electrons. The molecule has 47 heavy (non-hydrogen) atoms. The number of hydrogen-bond donors (Lipinski definition) is 6. The highest BCUT2D eigenvalue weighted by atomic mass is 16.4. The van der Waals surface area contributed by atoms with Crippen molar-refractivity contribution in [3.63, 3.8) is 0 Å². The minimum atomic E-state index is -1.26. The van der Waals surface area contributed by atoms with Crippen molar-refractivity contribution < 1.29 is 45.7 Å². The summed E-state index contributed by atoms with van der Waals surface area (Å²) in [6, 6.07) is 14.6. The summed E-state index contributed by atoms with van der Waals surface area (Å²) in [5.74, 6) is -1.72. The molecule has 2 saturated carbocycles. The maximum atomic E-state index is 11.0. The van der Waals surface area contributed by atoms with E-state index in [0.717, 1.165) is 75.6 Å². The highest BCUT2D eigenvalue weighted by Gasteiger charge is 2.40. The molecule has 8 N–H and O–H groups in total. The number of carboxylic acids is 2. The minimum absolute atomic E-state index is 0. The largest absolute Gasteiger partial charge is 0.508 e. The van der Waals surface area contributed by atoms with Crippen molar-refractivity contribution in [2.75, 3.05) is 41.3 Å². The van der Waals surface area contributed by atoms with Crippen molar-refractivity contribution in [2.45, 2.75) is 87.2 Å². The highest BCUT2D eigenvalue weighted by molar-refractivity contribution is 5.89. The SMILES string of the molecule is CN(C)C[C@H](c1ccc(O)cc1)C1(O)CCCCC1.CN(C)C[C@H](c1ccc(O)cc1)C1(O)CCCCC1.O.O=C(O)/C=C/C(=O)O. The van der Waals surface area contributed by atoms with E-state index in [-0.39, 0.29) is 28.8 Å². The van der Waals surface area contributed by atoms with Gasteiger partial charge in [-0.25, -0.2) is 9.59 Å². The van der Waals surface area contributed by atoms with Gasteiger partial charge in [0.2, 0.25) is 0 Å². The van der Waals surface area contributed by atoms with Gasteiger partial charge in [0.25, 0.3) is 0 Å². The zero-order chi connectivity index (χ0) is 34.3. The number of carboxylic acid groups (broad SMARTS) is 2. The molecule has 0 radical (unpaired) electrons. The van der Waals surface area contributed by atoms with Gasteiger partial charge in [-0.05, 0) is 89.3 Å². The van der Waals surface area contributed by atoms with Crippen LogP contribution in [-0.2, 0) is 9.59 Å². The molecular weight excluding hydrogens is 604 g/mol. The number of rotatable bonds is 10. The molecule has 0 aliphatic heterocycles. The minimum Gasteiger partial charge on any atom is -0.508 e. The molecule has 0 unspecified atom stereocenters. The molecule has 2 atom stereocenters. The lowest BCUT2D eigenvalue weighted by Crippen LogP contribution is -2.42. The van der Waals surface area contributed by atoms with Gasteiger partial charge < -0.3 is 45.9 Å². The van der Waals surface area contributed by atoms with Gasteiger partial charge >= 0.3 is 11.9 Å². The van der Waals surface area contributed by atoms with Crippen LogP contribution < -0.4 is 0 Å². The Morgan fingerprint density at radius 1 is 0.617 bits per heavy atom. The molecule has 2 aromatic carbocycles. The molecule has 0 bridgehead atoms. The predicted molar refractivity (Wildman–Crippen MR) is 183 cm³/mol. The van der Waals surface area contributed by atoms with Gasteiger partial charge in [-0.15, -0.1) is 0 Å². The first-order chi connectivity index (χ1) is 21.6. The molecule has 0 amide bonds. The van der Waals surface area contributed by atoms with E-state index in [9.17, 15) is 30.0 Å². The van der Waals surface area contributed by atoms with Crippen molar-refractivity contribution in [1.82, 2.24) is 9.80 Å². The second-order valence-electron chi connectivity index (χ2n) is 13.2. The molecule has 11 heteroatoms. The Morgan fingerprint density at radius 2 is 0.894 bits per heavy atom. The van der Waals surface area contributed by atoms with Crippen LogP contribution in [0, 0.1) is 0 Å². The second-order valence-corrected chi connectivity index (χ2v) is 13.2. The normalized spacial score (nSPS) is 18.1. The highest BCUT2D eigenvalue weighted by Crippen LogP contribution is 2.41. The van der Waals surface area contributed by atoms with Gasteiger partial charge in [0, 0.05) is 37.1 Å². The quantitative estimate of drug-likeness (QED) is 0.200. The van der Waals surface area contributed by atoms with Crippen molar-refractivity contribution >= 4 is 11.9 Å². The Bertz CT molecular complexity index is 1120. The first kappa shape index (κ1) is 41.5. The van der Waals surface area contributed by atoms with Crippen LogP contribution >= 0.6 is 0 Å². The molecule has 2 aromatic rings. The summed E-state index contributed by atoms with van der Waals surface area (Å²) in [7, 11) is 8.17. The molecule has 11 nitrogen and oxygen atoms in total. The molecule has 2 aliphatic rings. The third kappa shape index (κ3) is 14.4. The molecule has 0 spiro atoms. The van der Waals surface area contributed by atoms with E-state index in [0.29, 0.717) is 12.2 Å². The number of phenols is 2. The van der Waals surface area contributed by atoms with Crippen molar-refractivity contribution in [3.8, 4) is 11.5 Å². The van der Waals surface area contributed by atoms with Crippen LogP contribution in [0.25, 0.3) is 0 Å². The van der Waals surface area contributed by atoms with Crippen molar-refractivity contribution in [1.29, 1.82) is 0 Å². The number of phenolic OH excluding ortho intramolecular Hbond substituents is 2. The lowest BCUT2D eigenvalue weighted by atomic mass is 9.72. The van der Waals surface area contributed by atoms with Gasteiger partial charge in [0.15, 0.2) is 0 Å². The van der Waals surface area contributed by atoms with Crippen LogP contribution in [0.4, 0.5) is 0 Å². The topological polar surface area (TPSA) is 193 Å². The fourth-order valence-corrected chi connectivity index (χ4v) is 6.48. The lowest BCUT2D eigenvalue weighted by Gasteiger charge is -2.40. The van der Waals surface area contributed by atoms with Gasteiger partial charge in [-0.1, -0.05) is 62.8 Å². The van der Waals surface area contributed by atoms with Crippen LogP contribution in [-0.4, -0.2) is 110 Å². The molecule has 0 heterocycles. The third-order valence-electron chi connectivity index (χ3n) is 8.79. The van der Waals surface area contributed by atoms with E-state index >= 15 is 0 Å². The van der Waals surface area contributed by atoms with E-state index in [1.165, 1.54) is 12.8 Å². The molecule has 0 saturated heterocycles. The van der Waals surface area contributed by atoms with E-state index in [1.807, 2.05) is 52.5 Å². The number of aromatic hydroxyl groups is 2. The van der Waals surface area contributed by atoms with Gasteiger partial charge in [0.05, 0.1) is 11.2 Å². The summed E-state index contributed by atoms with van der Waals surface area (Å²) < 4.78 is 0. The zero-order valence-corrected chi connectivity index (χ0v) is 28.3. The first-order valence-corrected chi connectivity index (χ1v) is 16.1. The van der Waals surface area contributed by atoms with E-state index < -0.39 is 23.1 Å². The first-order valence-electron chi connectivity index (χ1n) is 16.1. The number of likely N-dealkylation sites (N-methyl/N-ethyl adjacent to an activating group) is 2. The number of hydrogen-bond acceptors (Lipinski definition) is 8. The maximum absolute atomic E-state index is 11.0. The number of carbonyl (C=O) groups is 2. The fraction of sp³-hybridized carbons (Fsp3) is 0.556. The maximum Gasteiger partial charge on any atom is 0.328 e. The summed E-state index contributed by atoms with van der Waals surface area (Å²) in [6.45, 7) is 1.67. The average Bonchev–Trinajstić information content (AvgIpc) is 3.00. The Hall–Kier alpha value is -3.48. The average molecular weight is 661 g/mol. The molecule has 2 fully saturated rings. The lowest BCUT2D eigenvalue weighted by molar-refractivity contribution is -0.134. The molecule has 2 aliphatic carbocycles. The standard InChI is InChI=1S/2C16H25NO2.C4H4O4.H2O/c2*1-17(2)12-15(13-6-8-14(18)9-7-13)16(19)10-4-3-5-11-16;5-3(6)1-2-4(7)8;/h2*6-9,15,18-19H,3-5,10-12H2,1-2H3;1-2H,(H,5,6)(H,7,8);1H2/b;;2-1+;/t2*15-;;/m11../s1. The fourth-order valence-electron chi connectivity index (χ4n) is 6.48. The smallest absolute Gasteiger partial charge is 0.328 e. The van der Waals surface area contributed by atoms with Crippen LogP contribution in [0.5, 0.6) is 11.5 Å². The van der Waals surface area contributed by atoms with Gasteiger partial charge in [-0.3, -0.25) is 0 Å². The van der Waals surface area contributed by atoms with Crippen LogP contribution in [0.3, 0.4) is 0 Å². The zero-order valence-electron chi connectivity index (χ0n) is 28.3. The number of aliphatic hydroxyl groups is 2. The van der Waals surface area contributed by atoms with E-state index in [4.69, 9.17) is 10.2 Å². The predicted octanol–water partition coefficient (Wildman–Crippen LogP) is 4.35. The van der Waals surface area contributed by atoms with Crippen molar-refractivity contribution in [3.05, 3.63) is 71.8 Å². The van der Waals surface area contributed by atoms with Crippen LogP contribution in [0.15, 0.2) is 60.7 Å². The Morgan fingerprint density at radius 3 is 1.13 bits per heavy atom. The molecule has 4 rings (SSSR count). The van der Waals surface area contributed by atoms with Crippen LogP contribution in [0.1, 0.15) is 87.2 Å². The Balaban J connectivity index is 0.000000378. The van der Waals surface area contributed by atoms with E-state index in [1.54, 1.807) is 24.3 Å². The third-order valence-corrected chi connectivity index (χ3v) is 8.79. The number of nitrogens with zero attached hydrogens (tertiary/aromatic N) is 2. The molecular formula is C36H56N2O9. The summed E-state index contributed by atoms with van der Waals surface area (Å²) >= 11 is 0. The monoisotopic (exact) mass is 660 g/mol. The molecule has 0 aromatic heterocycles. The number of benzene rings is 2. The summed E-state index contributed by atoms with van der Waals surface area (Å²) in [5.41, 5.74) is 1.05. The Kier molecular flexibility index (Phi) is 17.7. The van der Waals surface area contributed by atoms with E-state index in [2.05, 4.69) is 9.80 Å². The summed E-state index contributed by atoms with van der Waals surface area (Å²) in [4.78, 5) is 23.4. The van der Waals surface area contributed by atoms with Gasteiger partial charge in [-0.2, -0.15) is 0 Å². The van der Waals surface area contributed by atoms with Crippen molar-refractivity contribution in [2.24, 2.45) is 0 Å². The van der Waals surface area contributed by atoms with Gasteiger partial charge in [0.1, 0.15) is 11.5 Å². The Labute approximate surface area is 279 Å². The second kappa shape index (κ2) is 20.0. The summed E-state index contributed by atoms with van der Waals surface area (Å²) in [6.07, 6.45) is 11.5. The summed E-state index contributed by atoms with van der Waals surface area (Å²) in [5, 5.41) is 56.5. The number of aliphatic carboxylic acids is 2. The van der Waals surface area contributed by atoms with Crippen LogP contribution in [0.2, 0.25) is 0 Å².